The first-order chi connectivity index (χ1) is 10.8. The zero-order valence-electron chi connectivity index (χ0n) is 13.3. The standard InChI is InChI=1S/C19H24N2O/c1-15-12-20-13-16(2)21(15)18-10-6-7-11-19(18)22-14-17-8-4-3-5-9-17/h3-11,15-16,20H,12-14H2,1-2H3. The number of ether oxygens (including phenoxy) is 1. The van der Waals surface area contributed by atoms with Crippen molar-refractivity contribution in [2.45, 2.75) is 32.5 Å². The first-order valence-corrected chi connectivity index (χ1v) is 8.00. The van der Waals surface area contributed by atoms with Crippen molar-refractivity contribution in [1.82, 2.24) is 5.32 Å². The number of hydrogen-bond donors (Lipinski definition) is 1. The topological polar surface area (TPSA) is 24.5 Å². The second kappa shape index (κ2) is 6.84. The van der Waals surface area contributed by atoms with Crippen LogP contribution in [0, 0.1) is 0 Å². The fourth-order valence-electron chi connectivity index (χ4n) is 3.13. The maximum atomic E-state index is 6.11. The summed E-state index contributed by atoms with van der Waals surface area (Å²) < 4.78 is 6.11. The van der Waals surface area contributed by atoms with Gasteiger partial charge in [0, 0.05) is 25.2 Å². The lowest BCUT2D eigenvalue weighted by Gasteiger charge is -2.41. The minimum Gasteiger partial charge on any atom is -0.487 e. The molecule has 1 aliphatic rings. The molecule has 1 aliphatic heterocycles. The molecule has 116 valence electrons. The predicted molar refractivity (Wildman–Crippen MR) is 91.5 cm³/mol. The van der Waals surface area contributed by atoms with E-state index in [4.69, 9.17) is 4.74 Å². The highest BCUT2D eigenvalue weighted by atomic mass is 16.5. The van der Waals surface area contributed by atoms with E-state index >= 15 is 0 Å². The van der Waals surface area contributed by atoms with Gasteiger partial charge in [0.1, 0.15) is 12.4 Å². The fraction of sp³-hybridized carbons (Fsp3) is 0.368. The number of nitrogens with one attached hydrogen (secondary N) is 1. The van der Waals surface area contributed by atoms with E-state index in [0.717, 1.165) is 18.8 Å². The monoisotopic (exact) mass is 296 g/mol. The van der Waals surface area contributed by atoms with Crippen molar-refractivity contribution in [1.29, 1.82) is 0 Å². The molecule has 2 aromatic rings. The Labute approximate surface area is 132 Å². The average molecular weight is 296 g/mol. The molecule has 0 radical (unpaired) electrons. The molecule has 3 nitrogen and oxygen atoms in total. The van der Waals surface area contributed by atoms with Gasteiger partial charge < -0.3 is 15.0 Å². The first-order valence-electron chi connectivity index (χ1n) is 8.00. The number of hydrogen-bond acceptors (Lipinski definition) is 3. The van der Waals surface area contributed by atoms with Crippen LogP contribution in [-0.2, 0) is 6.61 Å². The van der Waals surface area contributed by atoms with E-state index in [-0.39, 0.29) is 0 Å². The van der Waals surface area contributed by atoms with E-state index in [1.165, 1.54) is 11.3 Å². The van der Waals surface area contributed by atoms with E-state index in [1.807, 2.05) is 24.3 Å². The number of rotatable bonds is 4. The van der Waals surface area contributed by atoms with Gasteiger partial charge in [-0.25, -0.2) is 0 Å². The van der Waals surface area contributed by atoms with Crippen molar-refractivity contribution in [3.63, 3.8) is 0 Å². The van der Waals surface area contributed by atoms with Crippen LogP contribution in [0.4, 0.5) is 5.69 Å². The lowest BCUT2D eigenvalue weighted by Crippen LogP contribution is -2.55. The Balaban J connectivity index is 1.80. The SMILES string of the molecule is CC1CNCC(C)N1c1ccccc1OCc1ccccc1. The second-order valence-corrected chi connectivity index (χ2v) is 6.01. The molecule has 1 N–H and O–H groups in total. The molecule has 3 heteroatoms. The highest BCUT2D eigenvalue weighted by Crippen LogP contribution is 2.32. The van der Waals surface area contributed by atoms with Crippen LogP contribution in [0.25, 0.3) is 0 Å². The van der Waals surface area contributed by atoms with Crippen LogP contribution in [0.3, 0.4) is 0 Å². The fourth-order valence-corrected chi connectivity index (χ4v) is 3.13. The van der Waals surface area contributed by atoms with Crippen molar-refractivity contribution in [3.05, 3.63) is 60.2 Å². The smallest absolute Gasteiger partial charge is 0.143 e. The molecule has 2 aromatic carbocycles. The van der Waals surface area contributed by atoms with Crippen LogP contribution >= 0.6 is 0 Å². The summed E-state index contributed by atoms with van der Waals surface area (Å²) in [5, 5.41) is 3.48. The Morgan fingerprint density at radius 2 is 1.59 bits per heavy atom. The van der Waals surface area contributed by atoms with Gasteiger partial charge in [-0.15, -0.1) is 0 Å². The molecule has 0 aromatic heterocycles. The molecule has 2 atom stereocenters. The summed E-state index contributed by atoms with van der Waals surface area (Å²) in [7, 11) is 0. The van der Waals surface area contributed by atoms with Crippen molar-refractivity contribution in [2.24, 2.45) is 0 Å². The molecule has 1 heterocycles. The van der Waals surface area contributed by atoms with Gasteiger partial charge in [0.05, 0.1) is 5.69 Å². The van der Waals surface area contributed by atoms with Gasteiger partial charge in [-0.05, 0) is 31.5 Å². The number of benzene rings is 2. The second-order valence-electron chi connectivity index (χ2n) is 6.01. The lowest BCUT2D eigenvalue weighted by atomic mass is 10.1. The highest BCUT2D eigenvalue weighted by Gasteiger charge is 2.26. The minimum atomic E-state index is 0.463. The Morgan fingerprint density at radius 1 is 0.955 bits per heavy atom. The minimum absolute atomic E-state index is 0.463. The predicted octanol–water partition coefficient (Wildman–Crippen LogP) is 3.45. The van der Waals surface area contributed by atoms with Gasteiger partial charge in [0.2, 0.25) is 0 Å². The summed E-state index contributed by atoms with van der Waals surface area (Å²) in [4.78, 5) is 2.47. The van der Waals surface area contributed by atoms with Crippen LogP contribution in [0.1, 0.15) is 19.4 Å². The molecule has 3 rings (SSSR count). The Kier molecular flexibility index (Phi) is 4.64. The number of anilines is 1. The lowest BCUT2D eigenvalue weighted by molar-refractivity contribution is 0.303. The van der Waals surface area contributed by atoms with Crippen LogP contribution in [-0.4, -0.2) is 25.2 Å². The third kappa shape index (κ3) is 3.25. The van der Waals surface area contributed by atoms with Crippen LogP contribution in [0.5, 0.6) is 5.75 Å². The highest BCUT2D eigenvalue weighted by molar-refractivity contribution is 5.60. The molecule has 1 fully saturated rings. The Morgan fingerprint density at radius 3 is 2.32 bits per heavy atom. The van der Waals surface area contributed by atoms with Crippen molar-refractivity contribution < 1.29 is 4.74 Å². The number of para-hydroxylation sites is 2. The zero-order chi connectivity index (χ0) is 15.4. The average Bonchev–Trinajstić information content (AvgIpc) is 2.55. The molecule has 0 amide bonds. The van der Waals surface area contributed by atoms with Gasteiger partial charge in [0.25, 0.3) is 0 Å². The molecule has 1 saturated heterocycles. The normalized spacial score (nSPS) is 21.6. The van der Waals surface area contributed by atoms with Crippen LogP contribution in [0.15, 0.2) is 54.6 Å². The summed E-state index contributed by atoms with van der Waals surface area (Å²) in [6.07, 6.45) is 0. The largest absolute Gasteiger partial charge is 0.487 e. The first kappa shape index (κ1) is 14.9. The summed E-state index contributed by atoms with van der Waals surface area (Å²) in [6, 6.07) is 19.6. The van der Waals surface area contributed by atoms with E-state index in [9.17, 15) is 0 Å². The molecular formula is C19H24N2O. The quantitative estimate of drug-likeness (QED) is 0.935. The van der Waals surface area contributed by atoms with E-state index in [2.05, 4.69) is 54.4 Å². The Hall–Kier alpha value is -2.00. The van der Waals surface area contributed by atoms with E-state index in [1.54, 1.807) is 0 Å². The van der Waals surface area contributed by atoms with Crippen molar-refractivity contribution >= 4 is 5.69 Å². The third-order valence-electron chi connectivity index (χ3n) is 4.21. The third-order valence-corrected chi connectivity index (χ3v) is 4.21. The zero-order valence-corrected chi connectivity index (χ0v) is 13.3. The molecule has 0 spiro atoms. The summed E-state index contributed by atoms with van der Waals surface area (Å²) in [6.45, 7) is 7.15. The van der Waals surface area contributed by atoms with E-state index < -0.39 is 0 Å². The molecule has 0 saturated carbocycles. The molecule has 22 heavy (non-hydrogen) atoms. The maximum absolute atomic E-state index is 6.11. The van der Waals surface area contributed by atoms with Crippen molar-refractivity contribution in [3.8, 4) is 5.75 Å². The van der Waals surface area contributed by atoms with Gasteiger partial charge in [-0.3, -0.25) is 0 Å². The van der Waals surface area contributed by atoms with Gasteiger partial charge >= 0.3 is 0 Å². The van der Waals surface area contributed by atoms with Gasteiger partial charge in [0.15, 0.2) is 0 Å². The number of piperazine rings is 1. The summed E-state index contributed by atoms with van der Waals surface area (Å²) in [5.41, 5.74) is 2.39. The molecule has 0 aliphatic carbocycles. The van der Waals surface area contributed by atoms with Gasteiger partial charge in [-0.1, -0.05) is 42.5 Å². The van der Waals surface area contributed by atoms with Crippen LogP contribution < -0.4 is 15.0 Å². The van der Waals surface area contributed by atoms with Crippen LogP contribution in [0.2, 0.25) is 0 Å². The van der Waals surface area contributed by atoms with Crippen molar-refractivity contribution in [2.75, 3.05) is 18.0 Å². The summed E-state index contributed by atoms with van der Waals surface area (Å²) in [5.74, 6) is 0.965. The molecular weight excluding hydrogens is 272 g/mol. The summed E-state index contributed by atoms with van der Waals surface area (Å²) >= 11 is 0. The number of nitrogens with zero attached hydrogens (tertiary/aromatic N) is 1. The molecule has 2 unspecified atom stereocenters. The maximum Gasteiger partial charge on any atom is 0.143 e. The Bertz CT molecular complexity index is 589. The van der Waals surface area contributed by atoms with E-state index in [0.29, 0.717) is 18.7 Å². The van der Waals surface area contributed by atoms with Gasteiger partial charge in [-0.2, -0.15) is 0 Å². The molecule has 0 bridgehead atoms.